The van der Waals surface area contributed by atoms with Crippen LogP contribution < -0.4 is 0 Å². The second kappa shape index (κ2) is 5.95. The highest BCUT2D eigenvalue weighted by Gasteiger charge is 2.31. The van der Waals surface area contributed by atoms with Gasteiger partial charge < -0.3 is 9.67 Å². The number of aliphatic hydroxyl groups is 1. The summed E-state index contributed by atoms with van der Waals surface area (Å²) < 4.78 is 15.5. The molecular formula is C16H20FN3O. The number of benzene rings is 1. The van der Waals surface area contributed by atoms with Gasteiger partial charge in [0.15, 0.2) is 0 Å². The lowest BCUT2D eigenvalue weighted by atomic mass is 10.1. The summed E-state index contributed by atoms with van der Waals surface area (Å²) in [7, 11) is 0. The average molecular weight is 289 g/mol. The SMILES string of the molecule is Cc1cc(-n2ccnc2)ccc1CN1C[C@@H](F)C[C@H]1CO. The van der Waals surface area contributed by atoms with Gasteiger partial charge in [-0.05, 0) is 36.6 Å². The van der Waals surface area contributed by atoms with Crippen LogP contribution in [0.25, 0.3) is 5.69 Å². The molecule has 2 aromatic rings. The molecule has 1 aliphatic rings. The van der Waals surface area contributed by atoms with Crippen molar-refractivity contribution in [2.75, 3.05) is 13.2 Å². The number of halogens is 1. The Hall–Kier alpha value is -1.72. The average Bonchev–Trinajstić information content (AvgIpc) is 3.10. The first-order chi connectivity index (χ1) is 10.2. The molecule has 5 heteroatoms. The van der Waals surface area contributed by atoms with Gasteiger partial charge >= 0.3 is 0 Å². The van der Waals surface area contributed by atoms with E-state index in [9.17, 15) is 9.50 Å². The zero-order chi connectivity index (χ0) is 14.8. The second-order valence-corrected chi connectivity index (χ2v) is 5.68. The van der Waals surface area contributed by atoms with Crippen LogP contribution in [0.3, 0.4) is 0 Å². The Balaban J connectivity index is 1.77. The minimum absolute atomic E-state index is 0.0204. The number of alkyl halides is 1. The highest BCUT2D eigenvalue weighted by atomic mass is 19.1. The van der Waals surface area contributed by atoms with Crippen molar-refractivity contribution >= 4 is 0 Å². The molecule has 1 aromatic heterocycles. The highest BCUT2D eigenvalue weighted by Crippen LogP contribution is 2.24. The maximum atomic E-state index is 13.5. The summed E-state index contributed by atoms with van der Waals surface area (Å²) in [6.45, 7) is 3.18. The molecule has 0 saturated carbocycles. The van der Waals surface area contributed by atoms with E-state index in [-0.39, 0.29) is 12.6 Å². The molecule has 112 valence electrons. The smallest absolute Gasteiger partial charge is 0.114 e. The van der Waals surface area contributed by atoms with E-state index in [0.29, 0.717) is 19.5 Å². The third-order valence-corrected chi connectivity index (χ3v) is 4.19. The summed E-state index contributed by atoms with van der Waals surface area (Å²) in [6.07, 6.45) is 5.03. The molecule has 4 nitrogen and oxygen atoms in total. The van der Waals surface area contributed by atoms with Gasteiger partial charge in [0, 0.05) is 37.2 Å². The molecule has 1 N–H and O–H groups in total. The van der Waals surface area contributed by atoms with Gasteiger partial charge in [-0.25, -0.2) is 9.37 Å². The van der Waals surface area contributed by atoms with Gasteiger partial charge in [-0.3, -0.25) is 4.90 Å². The van der Waals surface area contributed by atoms with Crippen molar-refractivity contribution < 1.29 is 9.50 Å². The van der Waals surface area contributed by atoms with Crippen molar-refractivity contribution in [3.63, 3.8) is 0 Å². The predicted octanol–water partition coefficient (Wildman–Crippen LogP) is 2.09. The van der Waals surface area contributed by atoms with E-state index in [4.69, 9.17) is 0 Å². The standard InChI is InChI=1S/C16H20FN3O/c1-12-6-15(19-5-4-18-11-19)3-2-13(12)8-20-9-14(17)7-16(20)10-21/h2-6,11,14,16,21H,7-10H2,1H3/t14-,16-/m0/s1. The molecule has 1 saturated heterocycles. The lowest BCUT2D eigenvalue weighted by molar-refractivity contribution is 0.153. The Morgan fingerprint density at radius 1 is 1.43 bits per heavy atom. The van der Waals surface area contributed by atoms with Crippen LogP contribution in [0.2, 0.25) is 0 Å². The van der Waals surface area contributed by atoms with Gasteiger partial charge in [0.25, 0.3) is 0 Å². The summed E-state index contributed by atoms with van der Waals surface area (Å²) in [5.74, 6) is 0. The Morgan fingerprint density at radius 3 is 2.95 bits per heavy atom. The van der Waals surface area contributed by atoms with E-state index in [2.05, 4.69) is 24.0 Å². The van der Waals surface area contributed by atoms with Gasteiger partial charge in [0.2, 0.25) is 0 Å². The maximum absolute atomic E-state index is 13.5. The van der Waals surface area contributed by atoms with Gasteiger partial charge in [0.05, 0.1) is 12.9 Å². The van der Waals surface area contributed by atoms with Crippen molar-refractivity contribution in [3.8, 4) is 5.69 Å². The molecule has 0 radical (unpaired) electrons. The first-order valence-electron chi connectivity index (χ1n) is 7.24. The van der Waals surface area contributed by atoms with E-state index in [0.717, 1.165) is 5.69 Å². The van der Waals surface area contributed by atoms with E-state index in [1.54, 1.807) is 12.5 Å². The summed E-state index contributed by atoms with van der Waals surface area (Å²) in [6, 6.07) is 6.16. The molecule has 1 fully saturated rings. The molecule has 0 bridgehead atoms. The largest absolute Gasteiger partial charge is 0.395 e. The molecule has 2 atom stereocenters. The molecule has 0 spiro atoms. The van der Waals surface area contributed by atoms with Gasteiger partial charge in [-0.15, -0.1) is 0 Å². The van der Waals surface area contributed by atoms with Crippen molar-refractivity contribution in [1.82, 2.24) is 14.5 Å². The number of hydrogen-bond acceptors (Lipinski definition) is 3. The number of aryl methyl sites for hydroxylation is 1. The fourth-order valence-electron chi connectivity index (χ4n) is 2.95. The van der Waals surface area contributed by atoms with Crippen LogP contribution >= 0.6 is 0 Å². The highest BCUT2D eigenvalue weighted by molar-refractivity contribution is 5.40. The monoisotopic (exact) mass is 289 g/mol. The fourth-order valence-corrected chi connectivity index (χ4v) is 2.95. The number of imidazole rings is 1. The minimum atomic E-state index is -0.826. The third kappa shape index (κ3) is 2.99. The minimum Gasteiger partial charge on any atom is -0.395 e. The number of aliphatic hydroxyl groups excluding tert-OH is 1. The number of nitrogens with zero attached hydrogens (tertiary/aromatic N) is 3. The first kappa shape index (κ1) is 14.2. The van der Waals surface area contributed by atoms with Crippen LogP contribution in [0.4, 0.5) is 4.39 Å². The van der Waals surface area contributed by atoms with Crippen LogP contribution in [0.5, 0.6) is 0 Å². The Kier molecular flexibility index (Phi) is 4.03. The van der Waals surface area contributed by atoms with Crippen LogP contribution in [0, 0.1) is 6.92 Å². The van der Waals surface area contributed by atoms with Gasteiger partial charge in [-0.1, -0.05) is 6.07 Å². The molecular weight excluding hydrogens is 269 g/mol. The van der Waals surface area contributed by atoms with Crippen molar-refractivity contribution in [2.24, 2.45) is 0 Å². The number of hydrogen-bond donors (Lipinski definition) is 1. The van der Waals surface area contributed by atoms with Crippen LogP contribution in [0.15, 0.2) is 36.9 Å². The van der Waals surface area contributed by atoms with Crippen LogP contribution in [-0.4, -0.2) is 44.9 Å². The molecule has 1 aliphatic heterocycles. The zero-order valence-electron chi connectivity index (χ0n) is 12.1. The third-order valence-electron chi connectivity index (χ3n) is 4.19. The number of rotatable bonds is 4. The second-order valence-electron chi connectivity index (χ2n) is 5.68. The molecule has 3 rings (SSSR count). The summed E-state index contributed by atoms with van der Waals surface area (Å²) in [5, 5.41) is 9.35. The molecule has 21 heavy (non-hydrogen) atoms. The molecule has 0 unspecified atom stereocenters. The van der Waals surface area contributed by atoms with E-state index < -0.39 is 6.17 Å². The van der Waals surface area contributed by atoms with Gasteiger partial charge in [-0.2, -0.15) is 0 Å². The quantitative estimate of drug-likeness (QED) is 0.937. The Bertz CT molecular complexity index is 600. The maximum Gasteiger partial charge on any atom is 0.114 e. The van der Waals surface area contributed by atoms with E-state index in [1.165, 1.54) is 11.1 Å². The Morgan fingerprint density at radius 2 is 2.29 bits per heavy atom. The zero-order valence-corrected chi connectivity index (χ0v) is 12.1. The van der Waals surface area contributed by atoms with Crippen LogP contribution in [0.1, 0.15) is 17.5 Å². The van der Waals surface area contributed by atoms with Gasteiger partial charge in [0.1, 0.15) is 6.17 Å². The fraction of sp³-hybridized carbons (Fsp3) is 0.438. The topological polar surface area (TPSA) is 41.3 Å². The lowest BCUT2D eigenvalue weighted by Crippen LogP contribution is -2.32. The normalized spacial score (nSPS) is 22.8. The molecule has 1 aromatic carbocycles. The van der Waals surface area contributed by atoms with Crippen molar-refractivity contribution in [3.05, 3.63) is 48.0 Å². The summed E-state index contributed by atoms with van der Waals surface area (Å²) in [5.41, 5.74) is 3.41. The van der Waals surface area contributed by atoms with Crippen LogP contribution in [-0.2, 0) is 6.54 Å². The number of aromatic nitrogens is 2. The molecule has 0 amide bonds. The van der Waals surface area contributed by atoms with E-state index >= 15 is 0 Å². The molecule has 0 aliphatic carbocycles. The van der Waals surface area contributed by atoms with Crippen molar-refractivity contribution in [1.29, 1.82) is 0 Å². The van der Waals surface area contributed by atoms with E-state index in [1.807, 2.05) is 21.7 Å². The lowest BCUT2D eigenvalue weighted by Gasteiger charge is -2.23. The summed E-state index contributed by atoms with van der Waals surface area (Å²) >= 11 is 0. The number of likely N-dealkylation sites (tertiary alicyclic amines) is 1. The predicted molar refractivity (Wildman–Crippen MR) is 79.1 cm³/mol. The van der Waals surface area contributed by atoms with Crippen molar-refractivity contribution in [2.45, 2.75) is 32.1 Å². The Labute approximate surface area is 123 Å². The first-order valence-corrected chi connectivity index (χ1v) is 7.24. The molecule has 2 heterocycles. The summed E-state index contributed by atoms with van der Waals surface area (Å²) in [4.78, 5) is 6.08.